The van der Waals surface area contributed by atoms with E-state index in [1.807, 2.05) is 0 Å². The van der Waals surface area contributed by atoms with Crippen molar-refractivity contribution in [2.24, 2.45) is 0 Å². The van der Waals surface area contributed by atoms with Crippen LogP contribution in [0.5, 0.6) is 5.75 Å². The van der Waals surface area contributed by atoms with Crippen LogP contribution in [0.3, 0.4) is 0 Å². The SMILES string of the molecule is CN(CCCOc1cccc2ccccc12)Cc1ccccc1.O=C(O)C(=O)O. The molecule has 3 aromatic rings. The highest BCUT2D eigenvalue weighted by atomic mass is 16.5. The molecule has 0 radical (unpaired) electrons. The van der Waals surface area contributed by atoms with E-state index >= 15 is 0 Å². The van der Waals surface area contributed by atoms with Crippen LogP contribution >= 0.6 is 0 Å². The number of ether oxygens (including phenoxy) is 1. The zero-order valence-electron chi connectivity index (χ0n) is 16.3. The molecule has 0 aromatic heterocycles. The Hall–Kier alpha value is -3.38. The first-order chi connectivity index (χ1) is 14.0. The Morgan fingerprint density at radius 2 is 1.48 bits per heavy atom. The van der Waals surface area contributed by atoms with Crippen molar-refractivity contribution < 1.29 is 24.5 Å². The minimum absolute atomic E-state index is 0.743. The number of aliphatic carboxylic acids is 2. The monoisotopic (exact) mass is 395 g/mol. The second kappa shape index (κ2) is 11.5. The molecule has 6 nitrogen and oxygen atoms in total. The third-order valence-corrected chi connectivity index (χ3v) is 4.17. The zero-order valence-corrected chi connectivity index (χ0v) is 16.3. The van der Waals surface area contributed by atoms with Crippen molar-refractivity contribution >= 4 is 22.7 Å². The Morgan fingerprint density at radius 1 is 0.862 bits per heavy atom. The topological polar surface area (TPSA) is 87.1 Å². The van der Waals surface area contributed by atoms with Crippen LogP contribution in [-0.2, 0) is 16.1 Å². The van der Waals surface area contributed by atoms with Crippen molar-refractivity contribution in [3.05, 3.63) is 78.4 Å². The van der Waals surface area contributed by atoms with Crippen molar-refractivity contribution in [2.45, 2.75) is 13.0 Å². The van der Waals surface area contributed by atoms with Crippen LogP contribution in [0.15, 0.2) is 72.8 Å². The quantitative estimate of drug-likeness (QED) is 0.466. The lowest BCUT2D eigenvalue weighted by Gasteiger charge is -2.17. The molecular weight excluding hydrogens is 370 g/mol. The molecule has 2 N–H and O–H groups in total. The number of fused-ring (bicyclic) bond motifs is 1. The highest BCUT2D eigenvalue weighted by Gasteiger charge is 2.04. The molecule has 0 aliphatic rings. The summed E-state index contributed by atoms with van der Waals surface area (Å²) in [6.45, 7) is 2.75. The smallest absolute Gasteiger partial charge is 0.414 e. The molecule has 152 valence electrons. The van der Waals surface area contributed by atoms with E-state index in [4.69, 9.17) is 24.5 Å². The fraction of sp³-hybridized carbons (Fsp3) is 0.217. The van der Waals surface area contributed by atoms with Crippen LogP contribution < -0.4 is 4.74 Å². The zero-order chi connectivity index (χ0) is 21.1. The average Bonchev–Trinajstić information content (AvgIpc) is 2.72. The lowest BCUT2D eigenvalue weighted by Crippen LogP contribution is -2.20. The van der Waals surface area contributed by atoms with Crippen molar-refractivity contribution in [2.75, 3.05) is 20.2 Å². The van der Waals surface area contributed by atoms with Gasteiger partial charge < -0.3 is 19.8 Å². The van der Waals surface area contributed by atoms with Crippen LogP contribution in [0.2, 0.25) is 0 Å². The Bertz CT molecular complexity index is 909. The summed E-state index contributed by atoms with van der Waals surface area (Å²) in [7, 11) is 2.16. The van der Waals surface area contributed by atoms with Gasteiger partial charge in [0, 0.05) is 18.5 Å². The highest BCUT2D eigenvalue weighted by Crippen LogP contribution is 2.25. The fourth-order valence-corrected chi connectivity index (χ4v) is 2.81. The highest BCUT2D eigenvalue weighted by molar-refractivity contribution is 6.27. The third-order valence-electron chi connectivity index (χ3n) is 4.17. The van der Waals surface area contributed by atoms with E-state index in [0.29, 0.717) is 0 Å². The Kier molecular flexibility index (Phi) is 8.66. The number of carboxylic acid groups (broad SMARTS) is 2. The van der Waals surface area contributed by atoms with Crippen molar-refractivity contribution in [1.82, 2.24) is 4.90 Å². The van der Waals surface area contributed by atoms with E-state index in [1.165, 1.54) is 16.3 Å². The van der Waals surface area contributed by atoms with Crippen molar-refractivity contribution in [1.29, 1.82) is 0 Å². The van der Waals surface area contributed by atoms with Gasteiger partial charge in [-0.25, -0.2) is 9.59 Å². The molecule has 0 saturated heterocycles. The molecule has 6 heteroatoms. The lowest BCUT2D eigenvalue weighted by atomic mass is 10.1. The van der Waals surface area contributed by atoms with Gasteiger partial charge in [0.15, 0.2) is 0 Å². The molecule has 0 atom stereocenters. The Morgan fingerprint density at radius 3 is 2.17 bits per heavy atom. The maximum atomic E-state index is 9.10. The molecule has 3 rings (SSSR count). The number of carboxylic acids is 2. The van der Waals surface area contributed by atoms with Gasteiger partial charge in [0.25, 0.3) is 0 Å². The Labute approximate surface area is 170 Å². The predicted molar refractivity (Wildman–Crippen MR) is 112 cm³/mol. The van der Waals surface area contributed by atoms with Gasteiger partial charge in [-0.15, -0.1) is 0 Å². The van der Waals surface area contributed by atoms with Gasteiger partial charge in [0.1, 0.15) is 5.75 Å². The van der Waals surface area contributed by atoms with Gasteiger partial charge in [-0.2, -0.15) is 0 Å². The number of benzene rings is 3. The first-order valence-electron chi connectivity index (χ1n) is 9.26. The summed E-state index contributed by atoms with van der Waals surface area (Å²) in [4.78, 5) is 20.5. The van der Waals surface area contributed by atoms with Gasteiger partial charge >= 0.3 is 11.9 Å². The Balaban J connectivity index is 0.000000438. The summed E-state index contributed by atoms with van der Waals surface area (Å²) in [5, 5.41) is 17.2. The lowest BCUT2D eigenvalue weighted by molar-refractivity contribution is -0.159. The molecule has 0 heterocycles. The average molecular weight is 395 g/mol. The van der Waals surface area contributed by atoms with Gasteiger partial charge in [-0.3, -0.25) is 0 Å². The van der Waals surface area contributed by atoms with E-state index in [9.17, 15) is 0 Å². The summed E-state index contributed by atoms with van der Waals surface area (Å²) in [5.41, 5.74) is 1.35. The van der Waals surface area contributed by atoms with Gasteiger partial charge in [-0.05, 0) is 30.5 Å². The molecular formula is C23H25NO5. The predicted octanol–water partition coefficient (Wildman–Crippen LogP) is 3.90. The molecule has 0 saturated carbocycles. The maximum absolute atomic E-state index is 9.10. The van der Waals surface area contributed by atoms with Crippen LogP contribution in [0, 0.1) is 0 Å². The second-order valence-electron chi connectivity index (χ2n) is 6.51. The van der Waals surface area contributed by atoms with E-state index in [2.05, 4.69) is 84.7 Å². The standard InChI is InChI=1S/C21H23NO.C2H2O4/c1-22(17-18-9-3-2-4-10-18)15-8-16-23-21-14-7-12-19-11-5-6-13-20(19)21;3-1(4)2(5)6/h2-7,9-14H,8,15-17H2,1H3;(H,3,4)(H,5,6). The van der Waals surface area contributed by atoms with Gasteiger partial charge in [-0.1, -0.05) is 66.7 Å². The number of carbonyl (C=O) groups is 2. The number of rotatable bonds is 7. The molecule has 0 bridgehead atoms. The molecule has 0 unspecified atom stereocenters. The minimum atomic E-state index is -1.82. The summed E-state index contributed by atoms with van der Waals surface area (Å²) >= 11 is 0. The van der Waals surface area contributed by atoms with Crippen molar-refractivity contribution in [3.8, 4) is 5.75 Å². The van der Waals surface area contributed by atoms with E-state index in [0.717, 1.165) is 31.9 Å². The summed E-state index contributed by atoms with van der Waals surface area (Å²) in [6, 6.07) is 25.2. The van der Waals surface area contributed by atoms with E-state index in [-0.39, 0.29) is 0 Å². The van der Waals surface area contributed by atoms with Gasteiger partial charge in [0.2, 0.25) is 0 Å². The summed E-state index contributed by atoms with van der Waals surface area (Å²) in [5.74, 6) is -2.67. The van der Waals surface area contributed by atoms with Crippen LogP contribution in [0.4, 0.5) is 0 Å². The molecule has 3 aromatic carbocycles. The number of nitrogens with zero attached hydrogens (tertiary/aromatic N) is 1. The van der Waals surface area contributed by atoms with Crippen LogP contribution in [0.25, 0.3) is 10.8 Å². The molecule has 0 aliphatic heterocycles. The maximum Gasteiger partial charge on any atom is 0.414 e. The van der Waals surface area contributed by atoms with E-state index < -0.39 is 11.9 Å². The molecule has 0 fully saturated rings. The van der Waals surface area contributed by atoms with Crippen molar-refractivity contribution in [3.63, 3.8) is 0 Å². The third kappa shape index (κ3) is 7.63. The summed E-state index contributed by atoms with van der Waals surface area (Å²) < 4.78 is 5.99. The van der Waals surface area contributed by atoms with Gasteiger partial charge in [0.05, 0.1) is 6.61 Å². The second-order valence-corrected chi connectivity index (χ2v) is 6.51. The van der Waals surface area contributed by atoms with Crippen LogP contribution in [-0.4, -0.2) is 47.3 Å². The minimum Gasteiger partial charge on any atom is -0.493 e. The first-order valence-corrected chi connectivity index (χ1v) is 9.26. The van der Waals surface area contributed by atoms with Crippen LogP contribution in [0.1, 0.15) is 12.0 Å². The summed E-state index contributed by atoms with van der Waals surface area (Å²) in [6.07, 6.45) is 1.02. The number of hydrogen-bond donors (Lipinski definition) is 2. The molecule has 0 aliphatic carbocycles. The fourth-order valence-electron chi connectivity index (χ4n) is 2.81. The largest absolute Gasteiger partial charge is 0.493 e. The normalized spacial score (nSPS) is 10.3. The van der Waals surface area contributed by atoms with E-state index in [1.54, 1.807) is 0 Å². The molecule has 0 spiro atoms. The molecule has 29 heavy (non-hydrogen) atoms. The first kappa shape index (κ1) is 21.9. The molecule has 0 amide bonds. The number of hydrogen-bond acceptors (Lipinski definition) is 4.